The van der Waals surface area contributed by atoms with Crippen LogP contribution >= 0.6 is 0 Å². The number of likely N-dealkylation sites (tertiary alicyclic amines) is 1. The van der Waals surface area contributed by atoms with Crippen molar-refractivity contribution >= 4 is 39.8 Å². The Hall–Kier alpha value is -4.26. The van der Waals surface area contributed by atoms with E-state index in [9.17, 15) is 9.59 Å². The number of amides is 1. The summed E-state index contributed by atoms with van der Waals surface area (Å²) in [6.07, 6.45) is 3.37. The predicted octanol–water partition coefficient (Wildman–Crippen LogP) is 5.14. The molecular weight excluding hydrogens is 462 g/mol. The van der Waals surface area contributed by atoms with Gasteiger partial charge in [-0.25, -0.2) is 9.97 Å². The summed E-state index contributed by atoms with van der Waals surface area (Å²) < 4.78 is 0. The number of carbonyl (C=O) groups excluding carboxylic acids is 2. The SMILES string of the molecule is Cc1ccc(Nc2ncnc3cc(C(=O)N4CCC5(CC4)C(=O)CCN5c4ccccc4)ccc23)cc1. The standard InChI is InChI=1S/C30H29N5O2/c1-21-7-10-23(11-8-21)33-28-25-12-9-22(19-26(25)31-20-32-28)29(37)34-17-14-30(15-18-34)27(36)13-16-35(30)24-5-3-2-4-6-24/h2-12,19-20H,13-18H2,1H3,(H,31,32,33). The van der Waals surface area contributed by atoms with Gasteiger partial charge in [0, 0.05) is 48.4 Å². The zero-order valence-corrected chi connectivity index (χ0v) is 20.9. The molecule has 0 atom stereocenters. The van der Waals surface area contributed by atoms with E-state index in [0.717, 1.165) is 23.3 Å². The number of anilines is 3. The summed E-state index contributed by atoms with van der Waals surface area (Å²) in [6.45, 7) is 3.89. The molecule has 4 aromatic rings. The molecule has 2 aliphatic heterocycles. The fourth-order valence-electron chi connectivity index (χ4n) is 5.67. The molecule has 0 radical (unpaired) electrons. The lowest BCUT2D eigenvalue weighted by atomic mass is 9.83. The lowest BCUT2D eigenvalue weighted by Crippen LogP contribution is -2.56. The second-order valence-electron chi connectivity index (χ2n) is 9.93. The van der Waals surface area contributed by atoms with Crippen molar-refractivity contribution < 1.29 is 9.59 Å². The van der Waals surface area contributed by atoms with E-state index in [1.807, 2.05) is 65.6 Å². The van der Waals surface area contributed by atoms with E-state index >= 15 is 0 Å². The summed E-state index contributed by atoms with van der Waals surface area (Å²) in [7, 11) is 0. The minimum absolute atomic E-state index is 0.0277. The Morgan fingerprint density at radius 2 is 1.68 bits per heavy atom. The van der Waals surface area contributed by atoms with Gasteiger partial charge >= 0.3 is 0 Å². The number of para-hydroxylation sites is 1. The summed E-state index contributed by atoms with van der Waals surface area (Å²) >= 11 is 0. The number of aromatic nitrogens is 2. The van der Waals surface area contributed by atoms with Gasteiger partial charge in [0.1, 0.15) is 17.7 Å². The molecule has 1 spiro atoms. The maximum Gasteiger partial charge on any atom is 0.253 e. The molecule has 186 valence electrons. The number of fused-ring (bicyclic) bond motifs is 1. The second-order valence-corrected chi connectivity index (χ2v) is 9.93. The average Bonchev–Trinajstić information content (AvgIpc) is 3.25. The van der Waals surface area contributed by atoms with Crippen molar-refractivity contribution in [1.82, 2.24) is 14.9 Å². The van der Waals surface area contributed by atoms with E-state index in [1.54, 1.807) is 0 Å². The highest BCUT2D eigenvalue weighted by Crippen LogP contribution is 2.39. The number of ketones is 1. The van der Waals surface area contributed by atoms with Crippen LogP contribution in [0, 0.1) is 6.92 Å². The number of nitrogens with one attached hydrogen (secondary N) is 1. The molecule has 2 fully saturated rings. The van der Waals surface area contributed by atoms with Gasteiger partial charge in [-0.05, 0) is 62.2 Å². The minimum Gasteiger partial charge on any atom is -0.358 e. The number of hydrogen-bond acceptors (Lipinski definition) is 6. The van der Waals surface area contributed by atoms with Crippen LogP contribution in [0.2, 0.25) is 0 Å². The van der Waals surface area contributed by atoms with Gasteiger partial charge in [0.05, 0.1) is 5.52 Å². The largest absolute Gasteiger partial charge is 0.358 e. The quantitative estimate of drug-likeness (QED) is 0.426. The highest BCUT2D eigenvalue weighted by molar-refractivity contribution is 6.01. The zero-order chi connectivity index (χ0) is 25.4. The first-order chi connectivity index (χ1) is 18.0. The van der Waals surface area contributed by atoms with Crippen molar-refractivity contribution in [1.29, 1.82) is 0 Å². The Morgan fingerprint density at radius 3 is 2.43 bits per heavy atom. The van der Waals surface area contributed by atoms with E-state index in [-0.39, 0.29) is 5.91 Å². The van der Waals surface area contributed by atoms with Crippen molar-refractivity contribution in [3.8, 4) is 0 Å². The topological polar surface area (TPSA) is 78.4 Å². The average molecular weight is 492 g/mol. The smallest absolute Gasteiger partial charge is 0.253 e. The maximum atomic E-state index is 13.5. The molecule has 0 aliphatic carbocycles. The van der Waals surface area contributed by atoms with Gasteiger partial charge in [0.15, 0.2) is 5.78 Å². The summed E-state index contributed by atoms with van der Waals surface area (Å²) in [6, 6.07) is 23.8. The molecule has 1 amide bonds. The monoisotopic (exact) mass is 491 g/mol. The molecule has 0 bridgehead atoms. The van der Waals surface area contributed by atoms with Gasteiger partial charge < -0.3 is 15.1 Å². The van der Waals surface area contributed by atoms with Gasteiger partial charge in [-0.2, -0.15) is 0 Å². The lowest BCUT2D eigenvalue weighted by Gasteiger charge is -2.44. The number of carbonyl (C=O) groups is 2. The number of Topliss-reactive ketones (excluding diaryl/α,β-unsaturated/α-hetero) is 1. The molecule has 2 saturated heterocycles. The van der Waals surface area contributed by atoms with Gasteiger partial charge in [0.25, 0.3) is 5.91 Å². The fraction of sp³-hybridized carbons (Fsp3) is 0.267. The Bertz CT molecular complexity index is 1460. The molecule has 2 aliphatic rings. The summed E-state index contributed by atoms with van der Waals surface area (Å²) in [5.41, 5.74) is 4.02. The van der Waals surface area contributed by atoms with Crippen LogP contribution in [0.25, 0.3) is 10.9 Å². The van der Waals surface area contributed by atoms with Crippen LogP contribution in [0.1, 0.15) is 35.2 Å². The molecule has 37 heavy (non-hydrogen) atoms. The first kappa shape index (κ1) is 23.2. The van der Waals surface area contributed by atoms with Crippen LogP contribution < -0.4 is 10.2 Å². The molecule has 6 rings (SSSR count). The van der Waals surface area contributed by atoms with Crippen molar-refractivity contribution in [2.24, 2.45) is 0 Å². The molecule has 1 N–H and O–H groups in total. The first-order valence-corrected chi connectivity index (χ1v) is 12.8. The van der Waals surface area contributed by atoms with E-state index in [0.29, 0.717) is 55.0 Å². The first-order valence-electron chi connectivity index (χ1n) is 12.8. The normalized spacial score (nSPS) is 16.9. The summed E-state index contributed by atoms with van der Waals surface area (Å²) in [4.78, 5) is 39.5. The van der Waals surface area contributed by atoms with E-state index in [1.165, 1.54) is 11.9 Å². The molecule has 7 heteroatoms. The zero-order valence-electron chi connectivity index (χ0n) is 20.9. The number of nitrogens with zero attached hydrogens (tertiary/aromatic N) is 4. The second kappa shape index (κ2) is 9.32. The van der Waals surface area contributed by atoms with Crippen LogP contribution in [0.3, 0.4) is 0 Å². The third-order valence-electron chi connectivity index (χ3n) is 7.74. The Labute approximate surface area is 216 Å². The van der Waals surface area contributed by atoms with Crippen molar-refractivity contribution in [3.63, 3.8) is 0 Å². The van der Waals surface area contributed by atoms with Gasteiger partial charge in [0.2, 0.25) is 0 Å². The van der Waals surface area contributed by atoms with Crippen LogP contribution in [0.15, 0.2) is 79.1 Å². The molecule has 0 saturated carbocycles. The van der Waals surface area contributed by atoms with E-state index in [4.69, 9.17) is 0 Å². The van der Waals surface area contributed by atoms with Gasteiger partial charge in [-0.15, -0.1) is 0 Å². The Balaban J connectivity index is 1.20. The van der Waals surface area contributed by atoms with Crippen molar-refractivity contribution in [2.75, 3.05) is 29.9 Å². The maximum absolute atomic E-state index is 13.5. The highest BCUT2D eigenvalue weighted by atomic mass is 16.2. The molecular formula is C30H29N5O2. The van der Waals surface area contributed by atoms with Crippen LogP contribution in [0.5, 0.6) is 0 Å². The molecule has 3 heterocycles. The minimum atomic E-state index is -0.509. The third kappa shape index (κ3) is 4.20. The van der Waals surface area contributed by atoms with E-state index in [2.05, 4.69) is 39.2 Å². The molecule has 0 unspecified atom stereocenters. The van der Waals surface area contributed by atoms with Crippen LogP contribution in [-0.2, 0) is 4.79 Å². The number of benzene rings is 3. The Kier molecular flexibility index (Phi) is 5.83. The highest BCUT2D eigenvalue weighted by Gasteiger charge is 2.50. The summed E-state index contributed by atoms with van der Waals surface area (Å²) in [5, 5.41) is 4.21. The van der Waals surface area contributed by atoms with Crippen molar-refractivity contribution in [2.45, 2.75) is 31.7 Å². The third-order valence-corrected chi connectivity index (χ3v) is 7.74. The van der Waals surface area contributed by atoms with Crippen LogP contribution in [-0.4, -0.2) is 51.7 Å². The summed E-state index contributed by atoms with van der Waals surface area (Å²) in [5.74, 6) is 0.966. The lowest BCUT2D eigenvalue weighted by molar-refractivity contribution is -0.123. The molecule has 7 nitrogen and oxygen atoms in total. The molecule has 1 aromatic heterocycles. The molecule has 3 aromatic carbocycles. The number of hydrogen-bond donors (Lipinski definition) is 1. The van der Waals surface area contributed by atoms with Gasteiger partial charge in [-0.3, -0.25) is 9.59 Å². The van der Waals surface area contributed by atoms with Crippen LogP contribution in [0.4, 0.5) is 17.2 Å². The number of aryl methyl sites for hydroxylation is 1. The Morgan fingerprint density at radius 1 is 0.919 bits per heavy atom. The predicted molar refractivity (Wildman–Crippen MR) is 145 cm³/mol. The van der Waals surface area contributed by atoms with Gasteiger partial charge in [-0.1, -0.05) is 35.9 Å². The van der Waals surface area contributed by atoms with Crippen molar-refractivity contribution in [3.05, 3.63) is 90.3 Å². The van der Waals surface area contributed by atoms with E-state index < -0.39 is 5.54 Å². The number of piperidine rings is 1. The number of rotatable bonds is 4. The fourth-order valence-corrected chi connectivity index (χ4v) is 5.67.